The summed E-state index contributed by atoms with van der Waals surface area (Å²) in [5.41, 5.74) is 9.75. The Kier molecular flexibility index (Phi) is 3.65. The Morgan fingerprint density at radius 1 is 1.19 bits per heavy atom. The molecule has 1 atom stereocenters. The largest absolute Gasteiger partial charge is 0.399 e. The Bertz CT molecular complexity index is 649. The van der Waals surface area contributed by atoms with Crippen LogP contribution in [0.5, 0.6) is 0 Å². The van der Waals surface area contributed by atoms with Crippen LogP contribution >= 0.6 is 0 Å². The zero-order valence-corrected chi connectivity index (χ0v) is 12.3. The van der Waals surface area contributed by atoms with E-state index in [1.54, 1.807) is 0 Å². The van der Waals surface area contributed by atoms with Crippen LogP contribution in [0, 0.1) is 5.92 Å². The smallest absolute Gasteiger partial charge is 0.231 e. The Morgan fingerprint density at radius 2 is 1.90 bits per heavy atom. The van der Waals surface area contributed by atoms with Crippen molar-refractivity contribution >= 4 is 17.3 Å². The lowest BCUT2D eigenvalue weighted by Gasteiger charge is -2.33. The molecule has 1 aliphatic heterocycles. The van der Waals surface area contributed by atoms with Crippen molar-refractivity contribution < 1.29 is 4.79 Å². The van der Waals surface area contributed by atoms with E-state index in [4.69, 9.17) is 5.73 Å². The summed E-state index contributed by atoms with van der Waals surface area (Å²) in [4.78, 5) is 14.6. The molecule has 1 heterocycles. The van der Waals surface area contributed by atoms with E-state index in [-0.39, 0.29) is 5.91 Å². The van der Waals surface area contributed by atoms with Crippen LogP contribution < -0.4 is 10.6 Å². The normalized spacial score (nSPS) is 17.4. The van der Waals surface area contributed by atoms with Gasteiger partial charge in [0.1, 0.15) is 0 Å². The molecule has 2 N–H and O–H groups in total. The number of para-hydroxylation sites is 1. The van der Waals surface area contributed by atoms with Crippen molar-refractivity contribution in [3.63, 3.8) is 0 Å². The number of amides is 1. The van der Waals surface area contributed by atoms with Gasteiger partial charge in [0, 0.05) is 17.9 Å². The fourth-order valence-electron chi connectivity index (χ4n) is 2.94. The summed E-state index contributed by atoms with van der Waals surface area (Å²) in [6.07, 6.45) is 1.46. The van der Waals surface area contributed by atoms with Crippen LogP contribution in [0.4, 0.5) is 11.4 Å². The molecule has 0 saturated carbocycles. The first-order valence-corrected chi connectivity index (χ1v) is 7.36. The highest BCUT2D eigenvalue weighted by Gasteiger charge is 2.25. The summed E-state index contributed by atoms with van der Waals surface area (Å²) in [5.74, 6) is 0.647. The Morgan fingerprint density at radius 3 is 2.67 bits per heavy atom. The minimum absolute atomic E-state index is 0.152. The number of nitrogens with two attached hydrogens (primary N) is 1. The van der Waals surface area contributed by atoms with Crippen molar-refractivity contribution in [2.45, 2.75) is 19.8 Å². The van der Waals surface area contributed by atoms with E-state index in [1.165, 1.54) is 5.56 Å². The average Bonchev–Trinajstić information content (AvgIpc) is 2.48. The van der Waals surface area contributed by atoms with Gasteiger partial charge in [-0.15, -0.1) is 0 Å². The molecular formula is C18H20N2O. The fourth-order valence-corrected chi connectivity index (χ4v) is 2.94. The first-order chi connectivity index (χ1) is 10.1. The fraction of sp³-hybridized carbons (Fsp3) is 0.278. The minimum atomic E-state index is 0.152. The van der Waals surface area contributed by atoms with Gasteiger partial charge in [-0.2, -0.15) is 0 Å². The topological polar surface area (TPSA) is 46.3 Å². The maximum atomic E-state index is 12.7. The van der Waals surface area contributed by atoms with Crippen molar-refractivity contribution in [2.75, 3.05) is 17.2 Å². The number of carbonyl (C=O) groups excluding carboxylic acids is 1. The number of rotatable bonds is 2. The van der Waals surface area contributed by atoms with Gasteiger partial charge in [-0.1, -0.05) is 37.3 Å². The summed E-state index contributed by atoms with van der Waals surface area (Å²) >= 11 is 0. The molecule has 0 aliphatic carbocycles. The number of nitrogens with zero attached hydrogens (tertiary/aromatic N) is 1. The quantitative estimate of drug-likeness (QED) is 0.859. The van der Waals surface area contributed by atoms with Gasteiger partial charge in [-0.25, -0.2) is 0 Å². The number of fused-ring (bicyclic) bond motifs is 1. The molecule has 108 valence electrons. The van der Waals surface area contributed by atoms with Crippen LogP contribution in [0.15, 0.2) is 48.5 Å². The van der Waals surface area contributed by atoms with Crippen LogP contribution in [-0.2, 0) is 17.6 Å². The maximum Gasteiger partial charge on any atom is 0.231 e. The molecule has 3 rings (SSSR count). The highest BCUT2D eigenvalue weighted by atomic mass is 16.2. The summed E-state index contributed by atoms with van der Waals surface area (Å²) in [6, 6.07) is 15.7. The Hall–Kier alpha value is -2.29. The third-order valence-electron chi connectivity index (χ3n) is 3.98. The van der Waals surface area contributed by atoms with Gasteiger partial charge < -0.3 is 10.6 Å². The minimum Gasteiger partial charge on any atom is -0.399 e. The molecule has 0 bridgehead atoms. The van der Waals surface area contributed by atoms with Gasteiger partial charge in [0.2, 0.25) is 5.91 Å². The lowest BCUT2D eigenvalue weighted by atomic mass is 9.93. The molecule has 2 aromatic rings. The second kappa shape index (κ2) is 5.60. The van der Waals surface area contributed by atoms with Crippen LogP contribution in [0.2, 0.25) is 0 Å². The lowest BCUT2D eigenvalue weighted by Crippen LogP contribution is -2.40. The predicted octanol–water partition coefficient (Wildman–Crippen LogP) is 3.04. The average molecular weight is 280 g/mol. The summed E-state index contributed by atoms with van der Waals surface area (Å²) < 4.78 is 0. The van der Waals surface area contributed by atoms with Gasteiger partial charge in [0.15, 0.2) is 0 Å². The van der Waals surface area contributed by atoms with E-state index in [0.717, 1.165) is 29.9 Å². The monoisotopic (exact) mass is 280 g/mol. The Balaban J connectivity index is 1.83. The number of hydrogen-bond donors (Lipinski definition) is 1. The first-order valence-electron chi connectivity index (χ1n) is 7.36. The molecule has 0 aromatic heterocycles. The number of benzene rings is 2. The molecule has 1 unspecified atom stereocenters. The number of nitrogen functional groups attached to an aromatic ring is 1. The van der Waals surface area contributed by atoms with Crippen molar-refractivity contribution in [3.8, 4) is 0 Å². The highest BCUT2D eigenvalue weighted by molar-refractivity contribution is 5.96. The van der Waals surface area contributed by atoms with Gasteiger partial charge >= 0.3 is 0 Å². The van der Waals surface area contributed by atoms with E-state index in [2.05, 4.69) is 13.0 Å². The van der Waals surface area contributed by atoms with Gasteiger partial charge in [-0.05, 0) is 41.7 Å². The molecule has 0 saturated heterocycles. The maximum absolute atomic E-state index is 12.7. The lowest BCUT2D eigenvalue weighted by molar-refractivity contribution is -0.118. The molecule has 0 fully saturated rings. The van der Waals surface area contributed by atoms with Crippen LogP contribution in [0.3, 0.4) is 0 Å². The molecule has 3 nitrogen and oxygen atoms in total. The molecule has 21 heavy (non-hydrogen) atoms. The predicted molar refractivity (Wildman–Crippen MR) is 86.2 cm³/mol. The molecule has 1 amide bonds. The second-order valence-corrected chi connectivity index (χ2v) is 5.86. The number of carbonyl (C=O) groups is 1. The van der Waals surface area contributed by atoms with Crippen LogP contribution in [0.25, 0.3) is 0 Å². The molecule has 3 heteroatoms. The first kappa shape index (κ1) is 13.7. The van der Waals surface area contributed by atoms with Crippen molar-refractivity contribution in [3.05, 3.63) is 59.7 Å². The zero-order chi connectivity index (χ0) is 14.8. The van der Waals surface area contributed by atoms with Gasteiger partial charge in [0.25, 0.3) is 0 Å². The molecule has 0 spiro atoms. The van der Waals surface area contributed by atoms with Crippen LogP contribution in [-0.4, -0.2) is 12.5 Å². The van der Waals surface area contributed by atoms with Crippen molar-refractivity contribution in [1.29, 1.82) is 0 Å². The van der Waals surface area contributed by atoms with Gasteiger partial charge in [-0.3, -0.25) is 4.79 Å². The second-order valence-electron chi connectivity index (χ2n) is 5.86. The van der Waals surface area contributed by atoms with E-state index in [0.29, 0.717) is 12.3 Å². The van der Waals surface area contributed by atoms with E-state index >= 15 is 0 Å². The van der Waals surface area contributed by atoms with Crippen molar-refractivity contribution in [2.24, 2.45) is 5.92 Å². The SMILES string of the molecule is CC1Cc2ccccc2N(C(=O)Cc2ccc(N)cc2)C1. The van der Waals surface area contributed by atoms with E-state index < -0.39 is 0 Å². The van der Waals surface area contributed by atoms with Gasteiger partial charge in [0.05, 0.1) is 6.42 Å². The third kappa shape index (κ3) is 2.92. The summed E-state index contributed by atoms with van der Waals surface area (Å²) in [7, 11) is 0. The third-order valence-corrected chi connectivity index (χ3v) is 3.98. The number of anilines is 2. The molecular weight excluding hydrogens is 260 g/mol. The zero-order valence-electron chi connectivity index (χ0n) is 12.3. The number of hydrogen-bond acceptors (Lipinski definition) is 2. The standard InChI is InChI=1S/C18H20N2O/c1-13-10-15-4-2-3-5-17(15)20(12-13)18(21)11-14-6-8-16(19)9-7-14/h2-9,13H,10-12,19H2,1H3. The summed E-state index contributed by atoms with van der Waals surface area (Å²) in [6.45, 7) is 2.99. The van der Waals surface area contributed by atoms with Crippen molar-refractivity contribution in [1.82, 2.24) is 0 Å². The molecule has 0 radical (unpaired) electrons. The molecule has 1 aliphatic rings. The van der Waals surface area contributed by atoms with E-state index in [9.17, 15) is 4.79 Å². The Labute approximate surface area is 125 Å². The van der Waals surface area contributed by atoms with Crippen LogP contribution in [0.1, 0.15) is 18.1 Å². The summed E-state index contributed by atoms with van der Waals surface area (Å²) in [5, 5.41) is 0. The highest BCUT2D eigenvalue weighted by Crippen LogP contribution is 2.29. The molecule has 2 aromatic carbocycles. The van der Waals surface area contributed by atoms with E-state index in [1.807, 2.05) is 47.4 Å².